The first kappa shape index (κ1) is 15.2. The highest BCUT2D eigenvalue weighted by Gasteiger charge is 2.30. The van der Waals surface area contributed by atoms with E-state index in [1.807, 2.05) is 0 Å². The van der Waals surface area contributed by atoms with Crippen molar-refractivity contribution in [3.05, 3.63) is 0 Å². The van der Waals surface area contributed by atoms with Crippen LogP contribution in [0, 0.1) is 5.92 Å². The van der Waals surface area contributed by atoms with Gasteiger partial charge in [-0.05, 0) is 19.9 Å². The highest BCUT2D eigenvalue weighted by atomic mass is 35.5. The molecule has 0 aromatic rings. The molecule has 0 bridgehead atoms. The summed E-state index contributed by atoms with van der Waals surface area (Å²) in [6.45, 7) is 0.280. The van der Waals surface area contributed by atoms with Crippen LogP contribution in [-0.4, -0.2) is 31.4 Å². The number of primary amides is 1. The van der Waals surface area contributed by atoms with Crippen molar-refractivity contribution in [1.82, 2.24) is 10.6 Å². The second-order valence-electron chi connectivity index (χ2n) is 4.00. The van der Waals surface area contributed by atoms with Crippen LogP contribution in [0.15, 0.2) is 0 Å². The van der Waals surface area contributed by atoms with Crippen molar-refractivity contribution in [2.45, 2.75) is 31.7 Å². The Morgan fingerprint density at radius 1 is 1.31 bits per heavy atom. The molecule has 0 saturated heterocycles. The lowest BCUT2D eigenvalue weighted by Crippen LogP contribution is -2.48. The highest BCUT2D eigenvalue weighted by Crippen LogP contribution is 2.23. The fourth-order valence-electron chi connectivity index (χ4n) is 2.06. The average molecular weight is 250 g/mol. The number of carbonyl (C=O) groups excluding carboxylic acids is 2. The molecule has 6 heteroatoms. The number of nitrogens with one attached hydrogen (secondary N) is 2. The Kier molecular flexibility index (Phi) is 7.08. The van der Waals surface area contributed by atoms with Gasteiger partial charge in [-0.25, -0.2) is 0 Å². The maximum absolute atomic E-state index is 11.4. The van der Waals surface area contributed by atoms with E-state index in [2.05, 4.69) is 10.6 Å². The fourth-order valence-corrected chi connectivity index (χ4v) is 2.06. The predicted molar refractivity (Wildman–Crippen MR) is 64.3 cm³/mol. The number of hydrogen-bond donors (Lipinski definition) is 3. The van der Waals surface area contributed by atoms with E-state index >= 15 is 0 Å². The van der Waals surface area contributed by atoms with Gasteiger partial charge in [0.1, 0.15) is 0 Å². The van der Waals surface area contributed by atoms with Gasteiger partial charge >= 0.3 is 0 Å². The molecule has 0 aliphatic heterocycles. The summed E-state index contributed by atoms with van der Waals surface area (Å²) in [7, 11) is 1.71. The molecule has 16 heavy (non-hydrogen) atoms. The molecule has 1 fully saturated rings. The van der Waals surface area contributed by atoms with Crippen molar-refractivity contribution in [1.29, 1.82) is 0 Å². The van der Waals surface area contributed by atoms with E-state index in [1.54, 1.807) is 7.05 Å². The number of halogens is 1. The van der Waals surface area contributed by atoms with E-state index in [4.69, 9.17) is 5.73 Å². The van der Waals surface area contributed by atoms with Crippen molar-refractivity contribution >= 4 is 24.2 Å². The van der Waals surface area contributed by atoms with E-state index in [9.17, 15) is 9.59 Å². The maximum Gasteiger partial charge on any atom is 0.234 e. The predicted octanol–water partition coefficient (Wildman–Crippen LogP) is -0.212. The molecule has 1 aliphatic rings. The summed E-state index contributed by atoms with van der Waals surface area (Å²) in [5.41, 5.74) is 5.30. The van der Waals surface area contributed by atoms with Gasteiger partial charge in [0.2, 0.25) is 11.8 Å². The van der Waals surface area contributed by atoms with Crippen LogP contribution < -0.4 is 16.4 Å². The van der Waals surface area contributed by atoms with Gasteiger partial charge in [0, 0.05) is 6.04 Å². The van der Waals surface area contributed by atoms with E-state index < -0.39 is 0 Å². The molecule has 0 heterocycles. The molecule has 1 rings (SSSR count). The number of amides is 2. The molecule has 1 aliphatic carbocycles. The third-order valence-electron chi connectivity index (χ3n) is 2.82. The van der Waals surface area contributed by atoms with Gasteiger partial charge in [-0.2, -0.15) is 0 Å². The largest absolute Gasteiger partial charge is 0.369 e. The van der Waals surface area contributed by atoms with Crippen molar-refractivity contribution in [2.24, 2.45) is 11.7 Å². The maximum atomic E-state index is 11.4. The first-order chi connectivity index (χ1) is 7.15. The Labute approximate surface area is 102 Å². The summed E-state index contributed by atoms with van der Waals surface area (Å²) in [6, 6.07) is -0.0721. The van der Waals surface area contributed by atoms with Gasteiger partial charge in [-0.15, -0.1) is 12.4 Å². The quantitative estimate of drug-likeness (QED) is 0.645. The molecule has 5 nitrogen and oxygen atoms in total. The summed E-state index contributed by atoms with van der Waals surface area (Å²) < 4.78 is 0. The molecular formula is C10H20ClN3O2. The van der Waals surface area contributed by atoms with Gasteiger partial charge in [0.15, 0.2) is 0 Å². The van der Waals surface area contributed by atoms with Crippen LogP contribution in [0.3, 0.4) is 0 Å². The fraction of sp³-hybridized carbons (Fsp3) is 0.800. The van der Waals surface area contributed by atoms with Gasteiger partial charge in [-0.3, -0.25) is 9.59 Å². The van der Waals surface area contributed by atoms with Crippen molar-refractivity contribution < 1.29 is 9.59 Å². The minimum absolute atomic E-state index is 0. The molecule has 0 aromatic heterocycles. The van der Waals surface area contributed by atoms with Crippen LogP contribution >= 0.6 is 12.4 Å². The zero-order chi connectivity index (χ0) is 11.3. The Bertz CT molecular complexity index is 248. The molecule has 0 spiro atoms. The number of likely N-dealkylation sites (N-methyl/N-ethyl adjacent to an activating group) is 1. The number of hydrogen-bond acceptors (Lipinski definition) is 3. The topological polar surface area (TPSA) is 84.2 Å². The van der Waals surface area contributed by atoms with E-state index in [0.29, 0.717) is 0 Å². The molecule has 1 saturated carbocycles. The zero-order valence-corrected chi connectivity index (χ0v) is 10.3. The van der Waals surface area contributed by atoms with E-state index in [0.717, 1.165) is 25.7 Å². The first-order valence-electron chi connectivity index (χ1n) is 5.38. The van der Waals surface area contributed by atoms with Crippen LogP contribution in [0.1, 0.15) is 25.7 Å². The van der Waals surface area contributed by atoms with Gasteiger partial charge < -0.3 is 16.4 Å². The molecule has 2 atom stereocenters. The average Bonchev–Trinajstić information content (AvgIpc) is 2.18. The van der Waals surface area contributed by atoms with Gasteiger partial charge in [-0.1, -0.05) is 12.8 Å². The van der Waals surface area contributed by atoms with Gasteiger partial charge in [0.05, 0.1) is 12.5 Å². The normalized spacial score (nSPS) is 24.3. The Hall–Kier alpha value is -0.810. The van der Waals surface area contributed by atoms with Crippen molar-refractivity contribution in [2.75, 3.05) is 13.6 Å². The first-order valence-corrected chi connectivity index (χ1v) is 5.38. The van der Waals surface area contributed by atoms with Gasteiger partial charge in [0.25, 0.3) is 0 Å². The van der Waals surface area contributed by atoms with Crippen LogP contribution in [0.5, 0.6) is 0 Å². The Balaban J connectivity index is 0.00000225. The van der Waals surface area contributed by atoms with E-state index in [-0.39, 0.29) is 42.7 Å². The summed E-state index contributed by atoms with van der Waals surface area (Å²) in [5.74, 6) is -0.570. The van der Waals surface area contributed by atoms with Crippen molar-refractivity contribution in [3.8, 4) is 0 Å². The van der Waals surface area contributed by atoms with Crippen molar-refractivity contribution in [3.63, 3.8) is 0 Å². The summed E-state index contributed by atoms with van der Waals surface area (Å²) >= 11 is 0. The minimum atomic E-state index is -0.301. The summed E-state index contributed by atoms with van der Waals surface area (Å²) in [5, 5.41) is 5.62. The lowest BCUT2D eigenvalue weighted by atomic mass is 9.84. The molecule has 4 N–H and O–H groups in total. The number of nitrogens with two attached hydrogens (primary N) is 1. The van der Waals surface area contributed by atoms with Crippen LogP contribution in [0.2, 0.25) is 0 Å². The summed E-state index contributed by atoms with van der Waals surface area (Å²) in [6.07, 6.45) is 3.71. The second kappa shape index (κ2) is 7.46. The third kappa shape index (κ3) is 4.37. The lowest BCUT2D eigenvalue weighted by molar-refractivity contribution is -0.125. The number of carbonyl (C=O) groups is 2. The minimum Gasteiger partial charge on any atom is -0.369 e. The van der Waals surface area contributed by atoms with Crippen LogP contribution in [-0.2, 0) is 9.59 Å². The molecule has 2 amide bonds. The third-order valence-corrected chi connectivity index (χ3v) is 2.82. The molecule has 94 valence electrons. The van der Waals surface area contributed by atoms with Crippen LogP contribution in [0.25, 0.3) is 0 Å². The molecule has 0 aromatic carbocycles. The highest BCUT2D eigenvalue weighted by molar-refractivity contribution is 5.85. The SMILES string of the molecule is CNCC(=O)NC1CCCCC1C(N)=O.Cl. The smallest absolute Gasteiger partial charge is 0.234 e. The van der Waals surface area contributed by atoms with E-state index in [1.165, 1.54) is 0 Å². The monoisotopic (exact) mass is 249 g/mol. The summed E-state index contributed by atoms with van der Waals surface area (Å²) in [4.78, 5) is 22.5. The van der Waals surface area contributed by atoms with Crippen LogP contribution in [0.4, 0.5) is 0 Å². The second-order valence-corrected chi connectivity index (χ2v) is 4.00. The Morgan fingerprint density at radius 2 is 1.94 bits per heavy atom. The Morgan fingerprint density at radius 3 is 2.50 bits per heavy atom. The number of rotatable bonds is 4. The molecule has 0 radical (unpaired) electrons. The molecule has 2 unspecified atom stereocenters. The molecular weight excluding hydrogens is 230 g/mol. The lowest BCUT2D eigenvalue weighted by Gasteiger charge is -2.29. The zero-order valence-electron chi connectivity index (χ0n) is 9.49. The standard InChI is InChI=1S/C10H19N3O2.ClH/c1-12-6-9(14)13-8-5-3-2-4-7(8)10(11)15;/h7-8,12H,2-6H2,1H3,(H2,11,15)(H,13,14);1H.